The number of methoxy groups -OCH3 is 1. The second-order valence-electron chi connectivity index (χ2n) is 4.42. The van der Waals surface area contributed by atoms with Crippen molar-refractivity contribution in [2.45, 2.75) is 32.3 Å². The minimum atomic E-state index is -0.0301. The monoisotopic (exact) mass is 221 g/mol. The Labute approximate surface area is 96.2 Å². The third-order valence-electron chi connectivity index (χ3n) is 3.32. The van der Waals surface area contributed by atoms with E-state index in [1.165, 1.54) is 11.3 Å². The summed E-state index contributed by atoms with van der Waals surface area (Å²) < 4.78 is 5.22. The molecule has 1 heterocycles. The topological polar surface area (TPSA) is 61.0 Å². The second-order valence-corrected chi connectivity index (χ2v) is 4.42. The molecule has 0 radical (unpaired) electrons. The van der Waals surface area contributed by atoms with Crippen LogP contribution in [0.15, 0.2) is 6.20 Å². The van der Waals surface area contributed by atoms with Gasteiger partial charge in [-0.3, -0.25) is 0 Å². The number of fused-ring (bicyclic) bond motifs is 1. The van der Waals surface area contributed by atoms with Gasteiger partial charge in [0, 0.05) is 19.0 Å². The molecule has 4 nitrogen and oxygen atoms in total. The van der Waals surface area contributed by atoms with Gasteiger partial charge in [-0.15, -0.1) is 0 Å². The molecule has 0 bridgehead atoms. The summed E-state index contributed by atoms with van der Waals surface area (Å²) in [5.41, 5.74) is 8.14. The van der Waals surface area contributed by atoms with Crippen molar-refractivity contribution in [2.24, 2.45) is 11.7 Å². The summed E-state index contributed by atoms with van der Waals surface area (Å²) in [7, 11) is 1.68. The van der Waals surface area contributed by atoms with Gasteiger partial charge in [-0.25, -0.2) is 9.97 Å². The Morgan fingerprint density at radius 1 is 1.62 bits per heavy atom. The first kappa shape index (κ1) is 11.5. The Kier molecular flexibility index (Phi) is 3.51. The number of aryl methyl sites for hydroxylation is 1. The molecule has 0 fully saturated rings. The van der Waals surface area contributed by atoms with Gasteiger partial charge >= 0.3 is 0 Å². The van der Waals surface area contributed by atoms with Gasteiger partial charge in [-0.05, 0) is 44.2 Å². The van der Waals surface area contributed by atoms with E-state index >= 15 is 0 Å². The van der Waals surface area contributed by atoms with Gasteiger partial charge in [-0.1, -0.05) is 0 Å². The van der Waals surface area contributed by atoms with Crippen LogP contribution in [0.4, 0.5) is 0 Å². The summed E-state index contributed by atoms with van der Waals surface area (Å²) in [6, 6.07) is 0. The van der Waals surface area contributed by atoms with Crippen molar-refractivity contribution < 1.29 is 4.74 Å². The predicted molar refractivity (Wildman–Crippen MR) is 62.0 cm³/mol. The maximum Gasteiger partial charge on any atom is 0.157 e. The third kappa shape index (κ3) is 2.23. The molecule has 2 atom stereocenters. The predicted octanol–water partition coefficient (Wildman–Crippen LogP) is 1.25. The first-order valence-corrected chi connectivity index (χ1v) is 5.82. The number of hydrogen-bond acceptors (Lipinski definition) is 4. The highest BCUT2D eigenvalue weighted by molar-refractivity contribution is 5.21. The fourth-order valence-electron chi connectivity index (χ4n) is 2.10. The quantitative estimate of drug-likeness (QED) is 0.834. The largest absolute Gasteiger partial charge is 0.374 e. The molecular formula is C12H19N3O. The molecule has 1 aliphatic carbocycles. The highest BCUT2D eigenvalue weighted by atomic mass is 16.5. The van der Waals surface area contributed by atoms with E-state index in [4.69, 9.17) is 10.5 Å². The molecular weight excluding hydrogens is 202 g/mol. The van der Waals surface area contributed by atoms with Crippen LogP contribution in [-0.4, -0.2) is 23.6 Å². The van der Waals surface area contributed by atoms with Crippen molar-refractivity contribution in [1.82, 2.24) is 9.97 Å². The zero-order valence-electron chi connectivity index (χ0n) is 9.94. The maximum atomic E-state index is 5.70. The van der Waals surface area contributed by atoms with Crippen LogP contribution in [-0.2, 0) is 17.6 Å². The number of rotatable bonds is 3. The summed E-state index contributed by atoms with van der Waals surface area (Å²) >= 11 is 0. The van der Waals surface area contributed by atoms with Crippen molar-refractivity contribution in [3.63, 3.8) is 0 Å². The summed E-state index contributed by atoms with van der Waals surface area (Å²) in [4.78, 5) is 8.93. The van der Waals surface area contributed by atoms with Crippen LogP contribution in [0.1, 0.15) is 36.5 Å². The molecule has 1 aromatic rings. The molecule has 0 aliphatic heterocycles. The van der Waals surface area contributed by atoms with Crippen LogP contribution >= 0.6 is 0 Å². The average Bonchev–Trinajstić information content (AvgIpc) is 2.36. The molecule has 1 aliphatic rings. The Balaban J connectivity index is 2.21. The lowest BCUT2D eigenvalue weighted by atomic mass is 9.87. The van der Waals surface area contributed by atoms with E-state index < -0.39 is 0 Å². The Morgan fingerprint density at radius 2 is 2.44 bits per heavy atom. The highest BCUT2D eigenvalue weighted by Crippen LogP contribution is 2.24. The van der Waals surface area contributed by atoms with E-state index in [1.807, 2.05) is 13.1 Å². The van der Waals surface area contributed by atoms with E-state index in [9.17, 15) is 0 Å². The first-order valence-electron chi connectivity index (χ1n) is 5.82. The lowest BCUT2D eigenvalue weighted by molar-refractivity contribution is 0.111. The van der Waals surface area contributed by atoms with Gasteiger partial charge in [0.05, 0.1) is 0 Å². The lowest BCUT2D eigenvalue weighted by Gasteiger charge is -2.23. The van der Waals surface area contributed by atoms with Crippen molar-refractivity contribution in [3.05, 3.63) is 23.3 Å². The molecule has 16 heavy (non-hydrogen) atoms. The number of ether oxygens (including phenoxy) is 1. The van der Waals surface area contributed by atoms with Gasteiger partial charge in [0.25, 0.3) is 0 Å². The fraction of sp³-hybridized carbons (Fsp3) is 0.667. The maximum absolute atomic E-state index is 5.70. The summed E-state index contributed by atoms with van der Waals surface area (Å²) in [6.07, 6.45) is 5.09. The zero-order chi connectivity index (χ0) is 11.5. The van der Waals surface area contributed by atoms with E-state index in [0.29, 0.717) is 5.92 Å². The Bertz CT molecular complexity index is 367. The van der Waals surface area contributed by atoms with Crippen LogP contribution in [0.25, 0.3) is 0 Å². The number of aromatic nitrogens is 2. The Hall–Kier alpha value is -1.00. The molecule has 0 saturated heterocycles. The van der Waals surface area contributed by atoms with E-state index in [0.717, 1.165) is 31.6 Å². The molecule has 0 aromatic carbocycles. The molecule has 0 saturated carbocycles. The molecule has 88 valence electrons. The van der Waals surface area contributed by atoms with Gasteiger partial charge in [-0.2, -0.15) is 0 Å². The van der Waals surface area contributed by atoms with Crippen molar-refractivity contribution in [3.8, 4) is 0 Å². The van der Waals surface area contributed by atoms with E-state index in [1.54, 1.807) is 7.11 Å². The summed E-state index contributed by atoms with van der Waals surface area (Å²) in [5, 5.41) is 0. The molecule has 1 aromatic heterocycles. The number of nitrogens with two attached hydrogens (primary N) is 1. The SMILES string of the molecule is COC(C)c1ncc2c(n1)CCC(CN)C2. The highest BCUT2D eigenvalue weighted by Gasteiger charge is 2.20. The minimum Gasteiger partial charge on any atom is -0.374 e. The average molecular weight is 221 g/mol. The second kappa shape index (κ2) is 4.89. The van der Waals surface area contributed by atoms with Crippen LogP contribution in [0.2, 0.25) is 0 Å². The van der Waals surface area contributed by atoms with Crippen molar-refractivity contribution >= 4 is 0 Å². The molecule has 2 rings (SSSR count). The van der Waals surface area contributed by atoms with Crippen LogP contribution < -0.4 is 5.73 Å². The minimum absolute atomic E-state index is 0.0301. The third-order valence-corrected chi connectivity index (χ3v) is 3.32. The van der Waals surface area contributed by atoms with Gasteiger partial charge < -0.3 is 10.5 Å². The van der Waals surface area contributed by atoms with E-state index in [-0.39, 0.29) is 6.10 Å². The zero-order valence-corrected chi connectivity index (χ0v) is 9.94. The standard InChI is InChI=1S/C12H19N3O/c1-8(16-2)12-14-7-10-5-9(6-13)3-4-11(10)15-12/h7-9H,3-6,13H2,1-2H3. The van der Waals surface area contributed by atoms with Gasteiger partial charge in [0.2, 0.25) is 0 Å². The van der Waals surface area contributed by atoms with Crippen LogP contribution in [0.3, 0.4) is 0 Å². The summed E-state index contributed by atoms with van der Waals surface area (Å²) in [6.45, 7) is 2.73. The van der Waals surface area contributed by atoms with E-state index in [2.05, 4.69) is 9.97 Å². The normalized spacial score (nSPS) is 21.6. The lowest BCUT2D eigenvalue weighted by Crippen LogP contribution is -2.23. The first-order chi connectivity index (χ1) is 7.74. The van der Waals surface area contributed by atoms with Crippen molar-refractivity contribution in [2.75, 3.05) is 13.7 Å². The molecule has 4 heteroatoms. The smallest absolute Gasteiger partial charge is 0.157 e. The molecule has 2 unspecified atom stereocenters. The Morgan fingerprint density at radius 3 is 3.12 bits per heavy atom. The van der Waals surface area contributed by atoms with Crippen LogP contribution in [0.5, 0.6) is 0 Å². The fourth-order valence-corrected chi connectivity index (χ4v) is 2.10. The molecule has 2 N–H and O–H groups in total. The molecule has 0 amide bonds. The summed E-state index contributed by atoms with van der Waals surface area (Å²) in [5.74, 6) is 1.38. The number of nitrogens with zero attached hydrogens (tertiary/aromatic N) is 2. The van der Waals surface area contributed by atoms with Gasteiger partial charge in [0.15, 0.2) is 5.82 Å². The number of hydrogen-bond donors (Lipinski definition) is 1. The van der Waals surface area contributed by atoms with Gasteiger partial charge in [0.1, 0.15) is 6.10 Å². The van der Waals surface area contributed by atoms with Crippen LogP contribution in [0, 0.1) is 5.92 Å². The molecule has 0 spiro atoms. The van der Waals surface area contributed by atoms with Crippen molar-refractivity contribution in [1.29, 1.82) is 0 Å².